The molecule has 4 rings (SSSR count). The highest BCUT2D eigenvalue weighted by Crippen LogP contribution is 2.24. The normalized spacial score (nSPS) is 11.0. The van der Waals surface area contributed by atoms with Gasteiger partial charge in [0.2, 0.25) is 5.91 Å². The molecule has 0 radical (unpaired) electrons. The fourth-order valence-electron chi connectivity index (χ4n) is 2.88. The molecular formula is C23H16F2N4O. The minimum atomic E-state index is -0.843. The van der Waals surface area contributed by atoms with Crippen LogP contribution in [0.4, 0.5) is 14.5 Å². The monoisotopic (exact) mass is 402 g/mol. The molecule has 0 bridgehead atoms. The standard InChI is InChI=1S/C23H16F2N4O/c24-18-9-10-21(20(25)13-18)27-22(30)11-8-17-15-29(19-6-2-1-3-7-19)28-23(17)16-5-4-12-26-14-16/h1-15H,(H,27,30). The van der Waals surface area contributed by atoms with Crippen molar-refractivity contribution in [1.82, 2.24) is 14.8 Å². The van der Waals surface area contributed by atoms with Gasteiger partial charge < -0.3 is 5.32 Å². The van der Waals surface area contributed by atoms with Gasteiger partial charge in [-0.25, -0.2) is 13.5 Å². The molecule has 0 fully saturated rings. The fraction of sp³-hybridized carbons (Fsp3) is 0. The van der Waals surface area contributed by atoms with Crippen LogP contribution in [0.2, 0.25) is 0 Å². The second-order valence-corrected chi connectivity index (χ2v) is 6.40. The van der Waals surface area contributed by atoms with Gasteiger partial charge in [-0.3, -0.25) is 9.78 Å². The van der Waals surface area contributed by atoms with Gasteiger partial charge in [-0.2, -0.15) is 5.10 Å². The molecule has 0 aliphatic heterocycles. The Labute approximate surface area is 171 Å². The largest absolute Gasteiger partial charge is 0.320 e. The number of carbonyl (C=O) groups excluding carboxylic acids is 1. The van der Waals surface area contributed by atoms with Gasteiger partial charge >= 0.3 is 0 Å². The van der Waals surface area contributed by atoms with Crippen molar-refractivity contribution in [3.05, 3.63) is 103 Å². The van der Waals surface area contributed by atoms with E-state index in [2.05, 4.69) is 15.4 Å². The molecule has 0 aliphatic rings. The second-order valence-electron chi connectivity index (χ2n) is 6.40. The number of anilines is 1. The Kier molecular flexibility index (Phi) is 5.43. The molecule has 0 saturated carbocycles. The summed E-state index contributed by atoms with van der Waals surface area (Å²) in [6.45, 7) is 0. The third kappa shape index (κ3) is 4.30. The molecule has 0 unspecified atom stereocenters. The molecular weight excluding hydrogens is 386 g/mol. The van der Waals surface area contributed by atoms with Crippen LogP contribution in [0.15, 0.2) is 85.3 Å². The van der Waals surface area contributed by atoms with Crippen molar-refractivity contribution < 1.29 is 13.6 Å². The van der Waals surface area contributed by atoms with Crippen LogP contribution >= 0.6 is 0 Å². The summed E-state index contributed by atoms with van der Waals surface area (Å²) in [6.07, 6.45) is 8.00. The molecule has 7 heteroatoms. The van der Waals surface area contributed by atoms with Crippen LogP contribution in [-0.2, 0) is 4.79 Å². The third-order valence-corrected chi connectivity index (χ3v) is 4.30. The number of amides is 1. The lowest BCUT2D eigenvalue weighted by Crippen LogP contribution is -2.09. The zero-order valence-electron chi connectivity index (χ0n) is 15.7. The van der Waals surface area contributed by atoms with Gasteiger partial charge in [0.1, 0.15) is 17.3 Å². The van der Waals surface area contributed by atoms with E-state index in [1.807, 2.05) is 36.4 Å². The quantitative estimate of drug-likeness (QED) is 0.485. The lowest BCUT2D eigenvalue weighted by Gasteiger charge is -2.03. The topological polar surface area (TPSA) is 59.8 Å². The lowest BCUT2D eigenvalue weighted by molar-refractivity contribution is -0.111. The molecule has 2 heterocycles. The van der Waals surface area contributed by atoms with Crippen LogP contribution in [-0.4, -0.2) is 20.7 Å². The molecule has 148 valence electrons. The number of rotatable bonds is 5. The van der Waals surface area contributed by atoms with Crippen LogP contribution < -0.4 is 5.32 Å². The van der Waals surface area contributed by atoms with E-state index < -0.39 is 17.5 Å². The van der Waals surface area contributed by atoms with Crippen LogP contribution in [0.3, 0.4) is 0 Å². The van der Waals surface area contributed by atoms with Crippen molar-refractivity contribution in [3.63, 3.8) is 0 Å². The van der Waals surface area contributed by atoms with Crippen molar-refractivity contribution in [1.29, 1.82) is 0 Å². The number of benzene rings is 2. The van der Waals surface area contributed by atoms with Crippen molar-refractivity contribution >= 4 is 17.7 Å². The average Bonchev–Trinajstić information content (AvgIpc) is 3.20. The van der Waals surface area contributed by atoms with Crippen LogP contribution in [0, 0.1) is 11.6 Å². The summed E-state index contributed by atoms with van der Waals surface area (Å²) in [5, 5.41) is 7.03. The Bertz CT molecular complexity index is 1200. The molecule has 0 saturated heterocycles. The number of para-hydroxylation sites is 1. The van der Waals surface area contributed by atoms with Crippen molar-refractivity contribution in [2.24, 2.45) is 0 Å². The van der Waals surface area contributed by atoms with E-state index in [0.717, 1.165) is 17.3 Å². The first-order valence-corrected chi connectivity index (χ1v) is 9.10. The first-order chi connectivity index (χ1) is 14.6. The number of carbonyl (C=O) groups is 1. The molecule has 2 aromatic carbocycles. The van der Waals surface area contributed by atoms with Crippen LogP contribution in [0.25, 0.3) is 23.0 Å². The van der Waals surface area contributed by atoms with Crippen molar-refractivity contribution in [2.75, 3.05) is 5.32 Å². The molecule has 2 aromatic heterocycles. The summed E-state index contributed by atoms with van der Waals surface area (Å²) in [5.41, 5.74) is 2.88. The van der Waals surface area contributed by atoms with E-state index in [9.17, 15) is 13.6 Å². The van der Waals surface area contributed by atoms with Crippen molar-refractivity contribution in [3.8, 4) is 16.9 Å². The van der Waals surface area contributed by atoms with Crippen LogP contribution in [0.5, 0.6) is 0 Å². The molecule has 0 spiro atoms. The van der Waals surface area contributed by atoms with Crippen LogP contribution in [0.1, 0.15) is 5.56 Å². The highest BCUT2D eigenvalue weighted by molar-refractivity contribution is 6.02. The van der Waals surface area contributed by atoms with Gasteiger partial charge in [0.05, 0.1) is 11.4 Å². The summed E-state index contributed by atoms with van der Waals surface area (Å²) in [4.78, 5) is 16.4. The average molecular weight is 402 g/mol. The smallest absolute Gasteiger partial charge is 0.248 e. The highest BCUT2D eigenvalue weighted by atomic mass is 19.1. The van der Waals surface area contributed by atoms with E-state index in [1.54, 1.807) is 35.4 Å². The molecule has 1 amide bonds. The lowest BCUT2D eigenvalue weighted by atomic mass is 10.1. The molecule has 30 heavy (non-hydrogen) atoms. The Hall–Kier alpha value is -4.13. The number of hydrogen-bond acceptors (Lipinski definition) is 3. The molecule has 4 aromatic rings. The van der Waals surface area contributed by atoms with E-state index in [4.69, 9.17) is 0 Å². The van der Waals surface area contributed by atoms with Gasteiger partial charge in [0.25, 0.3) is 0 Å². The molecule has 1 N–H and O–H groups in total. The summed E-state index contributed by atoms with van der Waals surface area (Å²) in [6, 6.07) is 16.2. The minimum absolute atomic E-state index is 0.0986. The second kappa shape index (κ2) is 8.48. The Morgan fingerprint density at radius 1 is 1.03 bits per heavy atom. The SMILES string of the molecule is O=C(C=Cc1cn(-c2ccccc2)nc1-c1cccnc1)Nc1ccc(F)cc1F. The predicted molar refractivity (Wildman–Crippen MR) is 111 cm³/mol. The van der Waals surface area contributed by atoms with Crippen molar-refractivity contribution in [2.45, 2.75) is 0 Å². The van der Waals surface area contributed by atoms with E-state index in [1.165, 1.54) is 12.1 Å². The summed E-state index contributed by atoms with van der Waals surface area (Å²) < 4.78 is 28.5. The zero-order chi connectivity index (χ0) is 20.9. The number of nitrogens with one attached hydrogen (secondary N) is 1. The maximum Gasteiger partial charge on any atom is 0.248 e. The Balaban J connectivity index is 1.63. The number of halogens is 2. The van der Waals surface area contributed by atoms with E-state index in [-0.39, 0.29) is 5.69 Å². The fourth-order valence-corrected chi connectivity index (χ4v) is 2.88. The maximum atomic E-state index is 13.8. The van der Waals surface area contributed by atoms with Gasteiger partial charge in [0, 0.05) is 41.9 Å². The third-order valence-electron chi connectivity index (χ3n) is 4.30. The predicted octanol–water partition coefficient (Wildman–Crippen LogP) is 4.86. The van der Waals surface area contributed by atoms with Gasteiger partial charge in [0.15, 0.2) is 0 Å². The number of pyridine rings is 1. The summed E-state index contributed by atoms with van der Waals surface area (Å²) >= 11 is 0. The molecule has 0 atom stereocenters. The van der Waals surface area contributed by atoms with Gasteiger partial charge in [-0.15, -0.1) is 0 Å². The first kappa shape index (κ1) is 19.2. The van der Waals surface area contributed by atoms with E-state index >= 15 is 0 Å². The summed E-state index contributed by atoms with van der Waals surface area (Å²) in [7, 11) is 0. The Morgan fingerprint density at radius 3 is 2.60 bits per heavy atom. The Morgan fingerprint density at radius 2 is 1.87 bits per heavy atom. The van der Waals surface area contributed by atoms with Gasteiger partial charge in [-0.1, -0.05) is 18.2 Å². The van der Waals surface area contributed by atoms with E-state index in [0.29, 0.717) is 17.3 Å². The maximum absolute atomic E-state index is 13.8. The molecule has 5 nitrogen and oxygen atoms in total. The first-order valence-electron chi connectivity index (χ1n) is 9.10. The molecule has 0 aliphatic carbocycles. The highest BCUT2D eigenvalue weighted by Gasteiger charge is 2.11. The number of nitrogens with zero attached hydrogens (tertiary/aromatic N) is 3. The number of hydrogen-bond donors (Lipinski definition) is 1. The number of aromatic nitrogens is 3. The summed E-state index contributed by atoms with van der Waals surface area (Å²) in [5.74, 6) is -2.11. The zero-order valence-corrected chi connectivity index (χ0v) is 15.7. The minimum Gasteiger partial charge on any atom is -0.320 e. The van der Waals surface area contributed by atoms with Gasteiger partial charge in [-0.05, 0) is 42.5 Å².